The molecule has 1 aliphatic rings. The fourth-order valence-corrected chi connectivity index (χ4v) is 2.26. The standard InChI is InChI=1S/C13H17N3O3/c1-8(9-3-2-4-9)15-11-6-5-10(13(14)17)7-12(11)16(18)19/h5-9,15H,2-4H2,1H3,(H2,14,17). The van der Waals surface area contributed by atoms with Crippen LogP contribution >= 0.6 is 0 Å². The highest BCUT2D eigenvalue weighted by Crippen LogP contribution is 2.33. The second-order valence-corrected chi connectivity index (χ2v) is 4.98. The number of primary amides is 1. The number of nitrogens with two attached hydrogens (primary N) is 1. The lowest BCUT2D eigenvalue weighted by molar-refractivity contribution is -0.384. The second-order valence-electron chi connectivity index (χ2n) is 4.98. The lowest BCUT2D eigenvalue weighted by Gasteiger charge is -2.32. The van der Waals surface area contributed by atoms with E-state index < -0.39 is 10.8 Å². The number of anilines is 1. The molecule has 1 unspecified atom stereocenters. The molecule has 6 nitrogen and oxygen atoms in total. The molecule has 19 heavy (non-hydrogen) atoms. The number of carbonyl (C=O) groups excluding carboxylic acids is 1. The van der Waals surface area contributed by atoms with E-state index in [1.165, 1.54) is 18.6 Å². The molecule has 1 amide bonds. The van der Waals surface area contributed by atoms with Crippen LogP contribution in [-0.2, 0) is 0 Å². The van der Waals surface area contributed by atoms with E-state index in [4.69, 9.17) is 5.73 Å². The van der Waals surface area contributed by atoms with E-state index in [0.29, 0.717) is 11.6 Å². The molecule has 0 saturated heterocycles. The molecule has 1 saturated carbocycles. The number of hydrogen-bond donors (Lipinski definition) is 2. The SMILES string of the molecule is CC(Nc1ccc(C(N)=O)cc1[N+](=O)[O-])C1CCC1. The first-order valence-electron chi connectivity index (χ1n) is 6.34. The van der Waals surface area contributed by atoms with Gasteiger partial charge in [0.25, 0.3) is 5.69 Å². The predicted molar refractivity (Wildman–Crippen MR) is 72.0 cm³/mol. The summed E-state index contributed by atoms with van der Waals surface area (Å²) in [4.78, 5) is 21.6. The Labute approximate surface area is 111 Å². The molecular weight excluding hydrogens is 246 g/mol. The van der Waals surface area contributed by atoms with Crippen LogP contribution in [0.4, 0.5) is 11.4 Å². The Bertz CT molecular complexity index is 512. The van der Waals surface area contributed by atoms with E-state index in [1.54, 1.807) is 6.07 Å². The molecule has 0 heterocycles. The number of nitrogens with zero attached hydrogens (tertiary/aromatic N) is 1. The number of rotatable bonds is 5. The minimum Gasteiger partial charge on any atom is -0.377 e. The van der Waals surface area contributed by atoms with E-state index >= 15 is 0 Å². The summed E-state index contributed by atoms with van der Waals surface area (Å²) in [5, 5.41) is 14.2. The molecule has 0 radical (unpaired) electrons. The summed E-state index contributed by atoms with van der Waals surface area (Å²) in [7, 11) is 0. The summed E-state index contributed by atoms with van der Waals surface area (Å²) < 4.78 is 0. The molecule has 1 aromatic carbocycles. The van der Waals surface area contributed by atoms with Crippen molar-refractivity contribution < 1.29 is 9.72 Å². The summed E-state index contributed by atoms with van der Waals surface area (Å²) >= 11 is 0. The molecule has 0 aromatic heterocycles. The topological polar surface area (TPSA) is 98.3 Å². The summed E-state index contributed by atoms with van der Waals surface area (Å²) in [6.45, 7) is 2.02. The van der Waals surface area contributed by atoms with Gasteiger partial charge in [0.05, 0.1) is 4.92 Å². The molecule has 102 valence electrons. The fourth-order valence-electron chi connectivity index (χ4n) is 2.26. The quantitative estimate of drug-likeness (QED) is 0.629. The number of benzene rings is 1. The summed E-state index contributed by atoms with van der Waals surface area (Å²) in [5.41, 5.74) is 5.61. The third-order valence-electron chi connectivity index (χ3n) is 3.72. The second kappa shape index (κ2) is 5.26. The summed E-state index contributed by atoms with van der Waals surface area (Å²) in [5.74, 6) is -0.0999. The smallest absolute Gasteiger partial charge is 0.293 e. The molecule has 1 fully saturated rings. The van der Waals surface area contributed by atoms with E-state index in [0.717, 1.165) is 12.8 Å². The van der Waals surface area contributed by atoms with Crippen LogP contribution < -0.4 is 11.1 Å². The Hall–Kier alpha value is -2.11. The Morgan fingerprint density at radius 3 is 2.68 bits per heavy atom. The first kappa shape index (κ1) is 13.3. The Morgan fingerprint density at radius 2 is 2.21 bits per heavy atom. The zero-order valence-electron chi connectivity index (χ0n) is 10.8. The van der Waals surface area contributed by atoms with Gasteiger partial charge in [0, 0.05) is 17.7 Å². The lowest BCUT2D eigenvalue weighted by Crippen LogP contribution is -2.31. The van der Waals surface area contributed by atoms with E-state index in [1.807, 2.05) is 6.92 Å². The lowest BCUT2D eigenvalue weighted by atomic mass is 9.80. The van der Waals surface area contributed by atoms with Crippen LogP contribution in [0.5, 0.6) is 0 Å². The predicted octanol–water partition coefficient (Wildman–Crippen LogP) is 2.29. The maximum absolute atomic E-state index is 11.1. The normalized spacial score (nSPS) is 16.5. The molecule has 6 heteroatoms. The maximum atomic E-state index is 11.1. The van der Waals surface area contributed by atoms with Gasteiger partial charge in [-0.15, -0.1) is 0 Å². The van der Waals surface area contributed by atoms with Crippen LogP contribution in [0.15, 0.2) is 18.2 Å². The first-order valence-corrected chi connectivity index (χ1v) is 6.34. The van der Waals surface area contributed by atoms with Gasteiger partial charge >= 0.3 is 0 Å². The molecule has 2 rings (SSSR count). The van der Waals surface area contributed by atoms with Gasteiger partial charge in [0.2, 0.25) is 5.91 Å². The van der Waals surface area contributed by atoms with Crippen molar-refractivity contribution in [3.8, 4) is 0 Å². The van der Waals surface area contributed by atoms with Crippen molar-refractivity contribution in [1.29, 1.82) is 0 Å². The van der Waals surface area contributed by atoms with Gasteiger partial charge in [0.1, 0.15) is 5.69 Å². The number of nitrogens with one attached hydrogen (secondary N) is 1. The number of hydrogen-bond acceptors (Lipinski definition) is 4. The van der Waals surface area contributed by atoms with Crippen LogP contribution in [0.1, 0.15) is 36.5 Å². The summed E-state index contributed by atoms with van der Waals surface area (Å²) in [6.07, 6.45) is 3.53. The van der Waals surface area contributed by atoms with Crippen molar-refractivity contribution in [1.82, 2.24) is 0 Å². The fraction of sp³-hybridized carbons (Fsp3) is 0.462. The Morgan fingerprint density at radius 1 is 1.53 bits per heavy atom. The Kier molecular flexibility index (Phi) is 3.69. The number of amides is 1. The largest absolute Gasteiger partial charge is 0.377 e. The molecule has 3 N–H and O–H groups in total. The number of carbonyl (C=O) groups is 1. The van der Waals surface area contributed by atoms with Gasteiger partial charge in [-0.25, -0.2) is 0 Å². The van der Waals surface area contributed by atoms with E-state index in [2.05, 4.69) is 5.32 Å². The van der Waals surface area contributed by atoms with Gasteiger partial charge in [-0.2, -0.15) is 0 Å². The van der Waals surface area contributed by atoms with Crippen molar-refractivity contribution >= 4 is 17.3 Å². The monoisotopic (exact) mass is 263 g/mol. The zero-order valence-corrected chi connectivity index (χ0v) is 10.8. The molecule has 1 aromatic rings. The highest BCUT2D eigenvalue weighted by molar-refractivity contribution is 5.94. The van der Waals surface area contributed by atoms with E-state index in [-0.39, 0.29) is 17.3 Å². The van der Waals surface area contributed by atoms with Gasteiger partial charge < -0.3 is 11.1 Å². The van der Waals surface area contributed by atoms with Crippen molar-refractivity contribution in [3.63, 3.8) is 0 Å². The van der Waals surface area contributed by atoms with Crippen molar-refractivity contribution in [2.24, 2.45) is 11.7 Å². The minimum absolute atomic E-state index is 0.109. The number of nitro groups is 1. The van der Waals surface area contributed by atoms with Crippen LogP contribution in [-0.4, -0.2) is 16.9 Å². The molecule has 1 aliphatic carbocycles. The average molecular weight is 263 g/mol. The minimum atomic E-state index is -0.665. The van der Waals surface area contributed by atoms with E-state index in [9.17, 15) is 14.9 Å². The molecule has 0 aliphatic heterocycles. The molecule has 1 atom stereocenters. The maximum Gasteiger partial charge on any atom is 0.293 e. The van der Waals surface area contributed by atoms with Crippen molar-refractivity contribution in [3.05, 3.63) is 33.9 Å². The number of nitro benzene ring substituents is 1. The van der Waals surface area contributed by atoms with Crippen LogP contribution in [0.3, 0.4) is 0 Å². The van der Waals surface area contributed by atoms with Crippen LogP contribution in [0, 0.1) is 16.0 Å². The third-order valence-corrected chi connectivity index (χ3v) is 3.72. The van der Waals surface area contributed by atoms with Gasteiger partial charge in [-0.3, -0.25) is 14.9 Å². The zero-order chi connectivity index (χ0) is 14.0. The average Bonchev–Trinajstić information content (AvgIpc) is 2.26. The molecule has 0 bridgehead atoms. The molecular formula is C13H17N3O3. The van der Waals surface area contributed by atoms with Crippen molar-refractivity contribution in [2.75, 3.05) is 5.32 Å². The summed E-state index contributed by atoms with van der Waals surface area (Å²) in [6, 6.07) is 4.46. The highest BCUT2D eigenvalue weighted by atomic mass is 16.6. The van der Waals surface area contributed by atoms with Gasteiger partial charge in [0.15, 0.2) is 0 Å². The molecule has 0 spiro atoms. The third kappa shape index (κ3) is 2.83. The van der Waals surface area contributed by atoms with Crippen molar-refractivity contribution in [2.45, 2.75) is 32.2 Å². The van der Waals surface area contributed by atoms with Gasteiger partial charge in [-0.1, -0.05) is 6.42 Å². The Balaban J connectivity index is 2.23. The van der Waals surface area contributed by atoms with Crippen LogP contribution in [0.2, 0.25) is 0 Å². The highest BCUT2D eigenvalue weighted by Gasteiger charge is 2.26. The first-order chi connectivity index (χ1) is 8.99. The van der Waals surface area contributed by atoms with Crippen LogP contribution in [0.25, 0.3) is 0 Å². The van der Waals surface area contributed by atoms with Gasteiger partial charge in [-0.05, 0) is 37.8 Å².